The van der Waals surface area contributed by atoms with Crippen LogP contribution in [0.2, 0.25) is 0 Å². The molecule has 1 N–H and O–H groups in total. The maximum atomic E-state index is 12.0. The second-order valence-corrected chi connectivity index (χ2v) is 5.13. The van der Waals surface area contributed by atoms with Crippen LogP contribution in [0.15, 0.2) is 29.8 Å². The number of nitrogens with one attached hydrogen (secondary N) is 1. The maximum Gasteiger partial charge on any atom is 0.337 e. The van der Waals surface area contributed by atoms with Crippen molar-refractivity contribution in [1.82, 2.24) is 5.32 Å². The Hall–Kier alpha value is -2.65. The number of carbonyl (C=O) groups excluding carboxylic acids is 2. The van der Waals surface area contributed by atoms with Gasteiger partial charge in [-0.1, -0.05) is 12.1 Å². The van der Waals surface area contributed by atoms with Gasteiger partial charge >= 0.3 is 5.97 Å². The number of rotatable bonds is 5. The molecule has 6 heteroatoms. The van der Waals surface area contributed by atoms with Gasteiger partial charge in [-0.2, -0.15) is 5.26 Å². The van der Waals surface area contributed by atoms with E-state index in [0.29, 0.717) is 24.3 Å². The number of ether oxygens (including phenoxy) is 2. The van der Waals surface area contributed by atoms with Crippen molar-refractivity contribution in [3.8, 4) is 6.07 Å². The molecule has 1 aliphatic rings. The topological polar surface area (TPSA) is 88.4 Å². The quantitative estimate of drug-likeness (QED) is 0.507. The van der Waals surface area contributed by atoms with Crippen molar-refractivity contribution >= 4 is 18.0 Å². The molecule has 1 amide bonds. The molecule has 0 aliphatic carbocycles. The van der Waals surface area contributed by atoms with Crippen LogP contribution in [0.4, 0.5) is 0 Å². The van der Waals surface area contributed by atoms with Gasteiger partial charge in [0.15, 0.2) is 0 Å². The van der Waals surface area contributed by atoms with Crippen molar-refractivity contribution in [2.45, 2.75) is 18.9 Å². The Morgan fingerprint density at radius 3 is 2.74 bits per heavy atom. The lowest BCUT2D eigenvalue weighted by Crippen LogP contribution is -2.32. The fourth-order valence-corrected chi connectivity index (χ4v) is 2.26. The summed E-state index contributed by atoms with van der Waals surface area (Å²) < 4.78 is 10.0. The largest absolute Gasteiger partial charge is 0.465 e. The van der Waals surface area contributed by atoms with Gasteiger partial charge in [0.05, 0.1) is 18.8 Å². The Balaban J connectivity index is 2.01. The third-order valence-electron chi connectivity index (χ3n) is 3.52. The molecule has 0 bridgehead atoms. The van der Waals surface area contributed by atoms with Crippen LogP contribution < -0.4 is 5.32 Å². The van der Waals surface area contributed by atoms with E-state index in [9.17, 15) is 9.59 Å². The molecule has 2 rings (SSSR count). The molecule has 1 atom stereocenters. The molecule has 0 aromatic heterocycles. The van der Waals surface area contributed by atoms with Gasteiger partial charge in [0.2, 0.25) is 0 Å². The average Bonchev–Trinajstić information content (AvgIpc) is 3.11. The van der Waals surface area contributed by atoms with E-state index < -0.39 is 11.9 Å². The second kappa shape index (κ2) is 8.11. The summed E-state index contributed by atoms with van der Waals surface area (Å²) in [4.78, 5) is 23.4. The molecular formula is C17H18N2O4. The van der Waals surface area contributed by atoms with Crippen molar-refractivity contribution < 1.29 is 19.1 Å². The van der Waals surface area contributed by atoms with Crippen molar-refractivity contribution in [2.24, 2.45) is 0 Å². The number of nitriles is 1. The van der Waals surface area contributed by atoms with Crippen molar-refractivity contribution in [3.63, 3.8) is 0 Å². The van der Waals surface area contributed by atoms with E-state index in [1.807, 2.05) is 6.07 Å². The smallest absolute Gasteiger partial charge is 0.337 e. The highest BCUT2D eigenvalue weighted by Gasteiger charge is 2.17. The lowest BCUT2D eigenvalue weighted by atomic mass is 10.1. The lowest BCUT2D eigenvalue weighted by molar-refractivity contribution is -0.117. The molecule has 1 aromatic carbocycles. The van der Waals surface area contributed by atoms with Crippen molar-refractivity contribution in [2.75, 3.05) is 20.3 Å². The molecule has 0 unspecified atom stereocenters. The Labute approximate surface area is 134 Å². The number of esters is 1. The fraction of sp³-hybridized carbons (Fsp3) is 0.353. The van der Waals surface area contributed by atoms with Gasteiger partial charge in [-0.3, -0.25) is 4.79 Å². The number of methoxy groups -OCH3 is 1. The minimum Gasteiger partial charge on any atom is -0.465 e. The molecule has 0 radical (unpaired) electrons. The normalized spacial score (nSPS) is 17.4. The van der Waals surface area contributed by atoms with Gasteiger partial charge in [-0.25, -0.2) is 4.79 Å². The molecule has 1 aromatic rings. The predicted octanol–water partition coefficient (Wildman–Crippen LogP) is 1.68. The minimum absolute atomic E-state index is 0.00816. The van der Waals surface area contributed by atoms with Gasteiger partial charge in [-0.15, -0.1) is 0 Å². The first-order chi connectivity index (χ1) is 11.1. The van der Waals surface area contributed by atoms with Crippen LogP contribution in [0.5, 0.6) is 0 Å². The van der Waals surface area contributed by atoms with Crippen LogP contribution >= 0.6 is 0 Å². The third kappa shape index (κ3) is 4.66. The van der Waals surface area contributed by atoms with E-state index in [2.05, 4.69) is 10.1 Å². The Morgan fingerprint density at radius 2 is 2.17 bits per heavy atom. The minimum atomic E-state index is -0.435. The zero-order chi connectivity index (χ0) is 16.7. The number of benzene rings is 1. The average molecular weight is 314 g/mol. The van der Waals surface area contributed by atoms with Crippen molar-refractivity contribution in [3.05, 3.63) is 41.0 Å². The first kappa shape index (κ1) is 16.7. The van der Waals surface area contributed by atoms with E-state index in [0.717, 1.165) is 12.8 Å². The first-order valence-corrected chi connectivity index (χ1v) is 7.34. The summed E-state index contributed by atoms with van der Waals surface area (Å²) in [6, 6.07) is 8.35. The molecule has 0 spiro atoms. The van der Waals surface area contributed by atoms with Gasteiger partial charge in [-0.05, 0) is 36.6 Å². The summed E-state index contributed by atoms with van der Waals surface area (Å²) >= 11 is 0. The van der Waals surface area contributed by atoms with Crippen LogP contribution in [0.25, 0.3) is 6.08 Å². The molecule has 1 heterocycles. The van der Waals surface area contributed by atoms with Crippen LogP contribution in [-0.4, -0.2) is 38.2 Å². The maximum absolute atomic E-state index is 12.0. The van der Waals surface area contributed by atoms with Gasteiger partial charge in [0.25, 0.3) is 5.91 Å². The number of hydrogen-bond donors (Lipinski definition) is 1. The number of carbonyl (C=O) groups is 2. The standard InChI is InChI=1S/C17H18N2O4/c1-22-17(21)13-6-4-12(5-7-13)9-14(10-18)16(20)19-11-15-3-2-8-23-15/h4-7,9,15H,2-3,8,11H2,1H3,(H,19,20)/b14-9-/t15-/m0/s1. The number of amides is 1. The number of nitrogens with zero attached hydrogens (tertiary/aromatic N) is 1. The molecular weight excluding hydrogens is 296 g/mol. The fourth-order valence-electron chi connectivity index (χ4n) is 2.26. The Kier molecular flexibility index (Phi) is 5.89. The van der Waals surface area contributed by atoms with Crippen LogP contribution in [0.1, 0.15) is 28.8 Å². The zero-order valence-corrected chi connectivity index (χ0v) is 12.9. The summed E-state index contributed by atoms with van der Waals surface area (Å²) in [6.07, 6.45) is 3.42. The highest BCUT2D eigenvalue weighted by Crippen LogP contribution is 2.12. The highest BCUT2D eigenvalue weighted by molar-refractivity contribution is 6.01. The summed E-state index contributed by atoms with van der Waals surface area (Å²) in [7, 11) is 1.31. The molecule has 120 valence electrons. The highest BCUT2D eigenvalue weighted by atomic mass is 16.5. The van der Waals surface area contributed by atoms with E-state index in [1.165, 1.54) is 13.2 Å². The van der Waals surface area contributed by atoms with E-state index in [-0.39, 0.29) is 11.7 Å². The van der Waals surface area contributed by atoms with Crippen molar-refractivity contribution in [1.29, 1.82) is 5.26 Å². The van der Waals surface area contributed by atoms with Crippen LogP contribution in [-0.2, 0) is 14.3 Å². The summed E-state index contributed by atoms with van der Waals surface area (Å²) in [5.41, 5.74) is 1.07. The predicted molar refractivity (Wildman–Crippen MR) is 83.4 cm³/mol. The van der Waals surface area contributed by atoms with E-state index >= 15 is 0 Å². The van der Waals surface area contributed by atoms with Gasteiger partial charge in [0, 0.05) is 13.2 Å². The first-order valence-electron chi connectivity index (χ1n) is 7.34. The third-order valence-corrected chi connectivity index (χ3v) is 3.52. The molecule has 1 aliphatic heterocycles. The van der Waals surface area contributed by atoms with Gasteiger partial charge in [0.1, 0.15) is 11.6 Å². The lowest BCUT2D eigenvalue weighted by Gasteiger charge is -2.10. The van der Waals surface area contributed by atoms with E-state index in [4.69, 9.17) is 10.00 Å². The van der Waals surface area contributed by atoms with E-state index in [1.54, 1.807) is 24.3 Å². The van der Waals surface area contributed by atoms with Crippen LogP contribution in [0, 0.1) is 11.3 Å². The Morgan fingerprint density at radius 1 is 1.43 bits per heavy atom. The molecule has 1 saturated heterocycles. The van der Waals surface area contributed by atoms with Gasteiger partial charge < -0.3 is 14.8 Å². The summed E-state index contributed by atoms with van der Waals surface area (Å²) in [5.74, 6) is -0.865. The molecule has 23 heavy (non-hydrogen) atoms. The summed E-state index contributed by atoms with van der Waals surface area (Å²) in [5, 5.41) is 11.9. The zero-order valence-electron chi connectivity index (χ0n) is 12.9. The van der Waals surface area contributed by atoms with Crippen LogP contribution in [0.3, 0.4) is 0 Å². The molecule has 0 saturated carbocycles. The monoisotopic (exact) mass is 314 g/mol. The molecule has 1 fully saturated rings. The second-order valence-electron chi connectivity index (χ2n) is 5.13. The number of hydrogen-bond acceptors (Lipinski definition) is 5. The summed E-state index contributed by atoms with van der Waals surface area (Å²) in [6.45, 7) is 1.12. The SMILES string of the molecule is COC(=O)c1ccc(/C=C(/C#N)C(=O)NC[C@@H]2CCCO2)cc1. The Bertz CT molecular complexity index is 638. The molecule has 6 nitrogen and oxygen atoms in total.